The topological polar surface area (TPSA) is 80.0 Å². The van der Waals surface area contributed by atoms with E-state index in [0.717, 1.165) is 30.3 Å². The summed E-state index contributed by atoms with van der Waals surface area (Å²) in [6, 6.07) is 0.259. The van der Waals surface area contributed by atoms with Gasteiger partial charge in [-0.25, -0.2) is 4.98 Å². The quantitative estimate of drug-likeness (QED) is 0.778. The van der Waals surface area contributed by atoms with Crippen molar-refractivity contribution in [2.24, 2.45) is 5.92 Å². The Kier molecular flexibility index (Phi) is 5.54. The third kappa shape index (κ3) is 4.28. The highest BCUT2D eigenvalue weighted by Gasteiger charge is 2.21. The summed E-state index contributed by atoms with van der Waals surface area (Å²) < 4.78 is 0. The molecule has 20 heavy (non-hydrogen) atoms. The number of aromatic nitrogens is 1. The van der Waals surface area contributed by atoms with Crippen LogP contribution in [0.25, 0.3) is 0 Å². The van der Waals surface area contributed by atoms with Crippen molar-refractivity contribution in [1.82, 2.24) is 10.3 Å². The molecule has 1 aliphatic heterocycles. The molecule has 0 aromatic carbocycles. The van der Waals surface area contributed by atoms with E-state index < -0.39 is 0 Å². The number of thiazole rings is 1. The van der Waals surface area contributed by atoms with Gasteiger partial charge in [0.15, 0.2) is 5.13 Å². The van der Waals surface area contributed by atoms with Gasteiger partial charge in [-0.05, 0) is 24.5 Å². The van der Waals surface area contributed by atoms with Crippen LogP contribution in [0.4, 0.5) is 10.9 Å². The number of hydrogen-bond acceptors (Lipinski definition) is 6. The summed E-state index contributed by atoms with van der Waals surface area (Å²) in [5, 5.41) is 6.99. The molecule has 2 rings (SSSR count). The molecule has 2 heterocycles. The lowest BCUT2D eigenvalue weighted by Gasteiger charge is -2.22. The highest BCUT2D eigenvalue weighted by Crippen LogP contribution is 2.26. The normalized spacial score (nSPS) is 19.1. The summed E-state index contributed by atoms with van der Waals surface area (Å²) in [5.74, 6) is 2.94. The molecule has 1 aromatic heterocycles. The second kappa shape index (κ2) is 7.17. The number of nitrogens with two attached hydrogens (primary N) is 1. The Morgan fingerprint density at radius 3 is 3.00 bits per heavy atom. The van der Waals surface area contributed by atoms with Crippen molar-refractivity contribution >= 4 is 40.0 Å². The molecule has 7 heteroatoms. The number of nitrogens with one attached hydrogen (secondary N) is 2. The Morgan fingerprint density at radius 2 is 2.35 bits per heavy atom. The predicted molar refractivity (Wildman–Crippen MR) is 87.7 cm³/mol. The average Bonchev–Trinajstić information content (AvgIpc) is 2.79. The summed E-state index contributed by atoms with van der Waals surface area (Å²) in [6.45, 7) is 5.07. The summed E-state index contributed by atoms with van der Waals surface area (Å²) >= 11 is 3.22. The molecule has 1 unspecified atom stereocenters. The molecule has 1 fully saturated rings. The van der Waals surface area contributed by atoms with E-state index in [2.05, 4.69) is 29.5 Å². The van der Waals surface area contributed by atoms with E-state index >= 15 is 0 Å². The van der Waals surface area contributed by atoms with Crippen LogP contribution >= 0.6 is 23.1 Å². The molecule has 4 N–H and O–H groups in total. The molecule has 1 aromatic rings. The van der Waals surface area contributed by atoms with Gasteiger partial charge in [-0.2, -0.15) is 11.8 Å². The molecule has 5 nitrogen and oxygen atoms in total. The zero-order valence-electron chi connectivity index (χ0n) is 11.9. The first kappa shape index (κ1) is 15.4. The third-order valence-corrected chi connectivity index (χ3v) is 5.26. The first-order valence-electron chi connectivity index (χ1n) is 6.95. The molecule has 1 saturated heterocycles. The minimum Gasteiger partial charge on any atom is -0.382 e. The van der Waals surface area contributed by atoms with Gasteiger partial charge in [0, 0.05) is 18.3 Å². The molecule has 1 aliphatic rings. The summed E-state index contributed by atoms with van der Waals surface area (Å²) in [5.41, 5.74) is 5.85. The molecule has 0 radical (unpaired) electrons. The number of thioether (sulfide) groups is 1. The Morgan fingerprint density at radius 1 is 1.55 bits per heavy atom. The number of nitrogen functional groups attached to an aromatic ring is 1. The van der Waals surface area contributed by atoms with Gasteiger partial charge < -0.3 is 16.4 Å². The van der Waals surface area contributed by atoms with Gasteiger partial charge in [-0.3, -0.25) is 4.79 Å². The smallest absolute Gasteiger partial charge is 0.265 e. The summed E-state index contributed by atoms with van der Waals surface area (Å²) in [7, 11) is 0. The lowest BCUT2D eigenvalue weighted by molar-refractivity contribution is 0.0943. The van der Waals surface area contributed by atoms with Crippen molar-refractivity contribution in [3.63, 3.8) is 0 Å². The summed E-state index contributed by atoms with van der Waals surface area (Å²) in [6.07, 6.45) is 2.21. The van der Waals surface area contributed by atoms with Crippen LogP contribution in [-0.2, 0) is 0 Å². The number of nitrogens with zero attached hydrogens (tertiary/aromatic N) is 1. The molecule has 0 spiro atoms. The second-order valence-corrected chi connectivity index (χ2v) is 7.54. The maximum Gasteiger partial charge on any atom is 0.265 e. The van der Waals surface area contributed by atoms with Crippen LogP contribution < -0.4 is 16.4 Å². The van der Waals surface area contributed by atoms with Crippen LogP contribution in [0.1, 0.15) is 36.4 Å². The zero-order chi connectivity index (χ0) is 14.5. The predicted octanol–water partition coefficient (Wildman–Crippen LogP) is 2.42. The van der Waals surface area contributed by atoms with Crippen LogP contribution in [0.5, 0.6) is 0 Å². The Bertz CT molecular complexity index is 455. The van der Waals surface area contributed by atoms with E-state index in [1.165, 1.54) is 17.1 Å². The van der Waals surface area contributed by atoms with Crippen LogP contribution in [0, 0.1) is 5.92 Å². The van der Waals surface area contributed by atoms with Gasteiger partial charge >= 0.3 is 0 Å². The van der Waals surface area contributed by atoms with Crippen LogP contribution in [0.15, 0.2) is 0 Å². The number of carbonyl (C=O) groups excluding carboxylic acids is 1. The molecular formula is C13H22N4OS2. The van der Waals surface area contributed by atoms with Crippen molar-refractivity contribution in [2.45, 2.75) is 32.7 Å². The van der Waals surface area contributed by atoms with E-state index in [9.17, 15) is 4.79 Å². The van der Waals surface area contributed by atoms with E-state index in [1.54, 1.807) is 0 Å². The van der Waals surface area contributed by atoms with Gasteiger partial charge in [0.2, 0.25) is 0 Å². The molecule has 0 bridgehead atoms. The Labute approximate surface area is 128 Å². The molecule has 1 atom stereocenters. The third-order valence-electron chi connectivity index (χ3n) is 3.02. The Balaban J connectivity index is 1.94. The largest absolute Gasteiger partial charge is 0.382 e. The minimum absolute atomic E-state index is 0.0925. The fourth-order valence-corrected chi connectivity index (χ4v) is 3.83. The van der Waals surface area contributed by atoms with E-state index in [-0.39, 0.29) is 11.9 Å². The maximum absolute atomic E-state index is 12.2. The number of rotatable bonds is 5. The highest BCUT2D eigenvalue weighted by molar-refractivity contribution is 7.99. The van der Waals surface area contributed by atoms with Crippen LogP contribution in [0.2, 0.25) is 0 Å². The minimum atomic E-state index is -0.0925. The molecular weight excluding hydrogens is 292 g/mol. The monoisotopic (exact) mass is 314 g/mol. The number of anilines is 2. The van der Waals surface area contributed by atoms with Gasteiger partial charge in [-0.1, -0.05) is 25.2 Å². The highest BCUT2D eigenvalue weighted by atomic mass is 32.2. The zero-order valence-corrected chi connectivity index (χ0v) is 13.6. The molecule has 112 valence electrons. The fraction of sp³-hybridized carbons (Fsp3) is 0.692. The Hall–Kier alpha value is -0.950. The SMILES string of the molecule is CC(C)CNc1nc(N)c(C(=O)NC2CCCSC2)s1. The lowest BCUT2D eigenvalue weighted by atomic mass is 10.2. The van der Waals surface area contributed by atoms with Gasteiger partial charge in [0.1, 0.15) is 10.7 Å². The first-order chi connectivity index (χ1) is 9.56. The van der Waals surface area contributed by atoms with Crippen molar-refractivity contribution in [3.8, 4) is 0 Å². The average molecular weight is 314 g/mol. The maximum atomic E-state index is 12.2. The van der Waals surface area contributed by atoms with Crippen molar-refractivity contribution in [3.05, 3.63) is 4.88 Å². The van der Waals surface area contributed by atoms with Gasteiger partial charge in [-0.15, -0.1) is 0 Å². The molecule has 0 aliphatic carbocycles. The number of carbonyl (C=O) groups is 1. The van der Waals surface area contributed by atoms with Crippen LogP contribution in [-0.4, -0.2) is 35.0 Å². The lowest BCUT2D eigenvalue weighted by Crippen LogP contribution is -2.38. The standard InChI is InChI=1S/C13H22N4OS2/c1-8(2)6-15-13-17-11(14)10(20-13)12(18)16-9-4-3-5-19-7-9/h8-9H,3-7,14H2,1-2H3,(H,15,17)(H,16,18). The summed E-state index contributed by atoms with van der Waals surface area (Å²) in [4.78, 5) is 17.0. The number of hydrogen-bond donors (Lipinski definition) is 3. The number of amides is 1. The van der Waals surface area contributed by atoms with E-state index in [1.807, 2.05) is 11.8 Å². The first-order valence-corrected chi connectivity index (χ1v) is 8.92. The van der Waals surface area contributed by atoms with Gasteiger partial charge in [0.25, 0.3) is 5.91 Å². The van der Waals surface area contributed by atoms with Crippen molar-refractivity contribution < 1.29 is 4.79 Å². The van der Waals surface area contributed by atoms with Crippen molar-refractivity contribution in [1.29, 1.82) is 0 Å². The molecule has 0 saturated carbocycles. The van der Waals surface area contributed by atoms with E-state index in [4.69, 9.17) is 5.73 Å². The molecule has 1 amide bonds. The van der Waals surface area contributed by atoms with E-state index in [0.29, 0.717) is 16.6 Å². The van der Waals surface area contributed by atoms with Gasteiger partial charge in [0.05, 0.1) is 0 Å². The second-order valence-electron chi connectivity index (χ2n) is 5.40. The fourth-order valence-electron chi connectivity index (χ4n) is 1.97. The van der Waals surface area contributed by atoms with Crippen LogP contribution in [0.3, 0.4) is 0 Å². The van der Waals surface area contributed by atoms with Crippen molar-refractivity contribution in [2.75, 3.05) is 29.1 Å².